The van der Waals surface area contributed by atoms with Gasteiger partial charge in [0.25, 0.3) is 0 Å². The quantitative estimate of drug-likeness (QED) is 0.633. The van der Waals surface area contributed by atoms with Crippen LogP contribution in [0, 0.1) is 5.92 Å². The number of rotatable bonds is 5. The van der Waals surface area contributed by atoms with Crippen LogP contribution in [-0.2, 0) is 16.0 Å². The Labute approximate surface area is 123 Å². The minimum absolute atomic E-state index is 0.124. The molecular weight excluding hydrogens is 272 g/mol. The summed E-state index contributed by atoms with van der Waals surface area (Å²) in [4.78, 5) is 23.5. The Morgan fingerprint density at radius 1 is 1.38 bits per heavy atom. The average Bonchev–Trinajstić information content (AvgIpc) is 2.86. The molecule has 3 unspecified atom stereocenters. The van der Waals surface area contributed by atoms with Crippen molar-refractivity contribution in [3.05, 3.63) is 29.8 Å². The van der Waals surface area contributed by atoms with E-state index in [-0.39, 0.29) is 30.0 Å². The van der Waals surface area contributed by atoms with Gasteiger partial charge in [-0.1, -0.05) is 19.1 Å². The first kappa shape index (κ1) is 15.3. The lowest BCUT2D eigenvalue weighted by atomic mass is 10.0. The van der Waals surface area contributed by atoms with Crippen LogP contribution in [0.4, 0.5) is 0 Å². The highest BCUT2D eigenvalue weighted by atomic mass is 16.4. The van der Waals surface area contributed by atoms with Crippen molar-refractivity contribution in [1.82, 2.24) is 10.6 Å². The van der Waals surface area contributed by atoms with Crippen molar-refractivity contribution >= 4 is 11.9 Å². The highest BCUT2D eigenvalue weighted by molar-refractivity contribution is 5.87. The van der Waals surface area contributed by atoms with E-state index in [0.717, 1.165) is 18.5 Å². The van der Waals surface area contributed by atoms with Crippen LogP contribution < -0.4 is 10.6 Å². The van der Waals surface area contributed by atoms with Gasteiger partial charge in [-0.15, -0.1) is 0 Å². The molecular formula is C15H20N2O4. The molecule has 1 aromatic rings. The number of carboxylic acids is 1. The molecule has 6 heteroatoms. The second kappa shape index (κ2) is 6.58. The summed E-state index contributed by atoms with van der Waals surface area (Å²) in [6, 6.07) is 4.98. The molecule has 1 saturated heterocycles. The molecule has 1 amide bonds. The van der Waals surface area contributed by atoms with Crippen LogP contribution in [0.25, 0.3) is 0 Å². The Morgan fingerprint density at radius 2 is 2.05 bits per heavy atom. The third-order valence-corrected chi connectivity index (χ3v) is 3.81. The van der Waals surface area contributed by atoms with Gasteiger partial charge in [0.15, 0.2) is 0 Å². The lowest BCUT2D eigenvalue weighted by Gasteiger charge is -2.20. The van der Waals surface area contributed by atoms with Gasteiger partial charge in [-0.2, -0.15) is 0 Å². The second-order valence-corrected chi connectivity index (χ2v) is 5.47. The molecule has 4 N–H and O–H groups in total. The number of carbonyl (C=O) groups is 2. The van der Waals surface area contributed by atoms with Gasteiger partial charge < -0.3 is 20.8 Å². The molecule has 1 heterocycles. The zero-order valence-corrected chi connectivity index (χ0v) is 11.9. The summed E-state index contributed by atoms with van der Waals surface area (Å²) in [6.45, 7) is 2.74. The maximum atomic E-state index is 12.1. The van der Waals surface area contributed by atoms with Gasteiger partial charge in [-0.25, -0.2) is 4.79 Å². The van der Waals surface area contributed by atoms with Crippen molar-refractivity contribution in [2.45, 2.75) is 31.8 Å². The molecule has 0 aromatic heterocycles. The Balaban J connectivity index is 2.00. The topological polar surface area (TPSA) is 98.7 Å². The van der Waals surface area contributed by atoms with E-state index in [1.807, 2.05) is 6.92 Å². The summed E-state index contributed by atoms with van der Waals surface area (Å²) < 4.78 is 0. The Kier molecular flexibility index (Phi) is 4.80. The van der Waals surface area contributed by atoms with E-state index >= 15 is 0 Å². The van der Waals surface area contributed by atoms with Crippen molar-refractivity contribution in [2.24, 2.45) is 5.92 Å². The van der Waals surface area contributed by atoms with E-state index in [9.17, 15) is 19.8 Å². The summed E-state index contributed by atoms with van der Waals surface area (Å²) in [5.74, 6) is -1.01. The van der Waals surface area contributed by atoms with Crippen LogP contribution in [0.1, 0.15) is 18.9 Å². The van der Waals surface area contributed by atoms with E-state index in [2.05, 4.69) is 10.6 Å². The van der Waals surface area contributed by atoms with Crippen molar-refractivity contribution in [2.75, 3.05) is 6.54 Å². The minimum Gasteiger partial charge on any atom is -0.508 e. The van der Waals surface area contributed by atoms with Crippen LogP contribution in [-0.4, -0.2) is 40.7 Å². The second-order valence-electron chi connectivity index (χ2n) is 5.47. The van der Waals surface area contributed by atoms with E-state index in [1.54, 1.807) is 12.1 Å². The van der Waals surface area contributed by atoms with E-state index in [1.165, 1.54) is 12.1 Å². The molecule has 21 heavy (non-hydrogen) atoms. The highest BCUT2D eigenvalue weighted by Gasteiger charge is 2.31. The first-order valence-electron chi connectivity index (χ1n) is 7.02. The number of benzene rings is 1. The number of phenolic OH excluding ortho intramolecular Hbond substituents is 1. The molecule has 114 valence electrons. The first-order valence-corrected chi connectivity index (χ1v) is 7.02. The van der Waals surface area contributed by atoms with Crippen molar-refractivity contribution in [3.8, 4) is 5.75 Å². The molecule has 0 aliphatic carbocycles. The third-order valence-electron chi connectivity index (χ3n) is 3.81. The van der Waals surface area contributed by atoms with Crippen LogP contribution in [0.5, 0.6) is 5.75 Å². The Bertz CT molecular complexity index is 515. The fourth-order valence-corrected chi connectivity index (χ4v) is 2.51. The van der Waals surface area contributed by atoms with Gasteiger partial charge >= 0.3 is 5.97 Å². The average molecular weight is 292 g/mol. The predicted molar refractivity (Wildman–Crippen MR) is 76.9 cm³/mol. The summed E-state index contributed by atoms with van der Waals surface area (Å²) >= 11 is 0. The van der Waals surface area contributed by atoms with Crippen molar-refractivity contribution < 1.29 is 19.8 Å². The van der Waals surface area contributed by atoms with Crippen molar-refractivity contribution in [3.63, 3.8) is 0 Å². The number of phenols is 1. The van der Waals surface area contributed by atoms with E-state index in [4.69, 9.17) is 0 Å². The normalized spacial score (nSPS) is 22.7. The zero-order valence-electron chi connectivity index (χ0n) is 11.9. The summed E-state index contributed by atoms with van der Waals surface area (Å²) in [6.07, 6.45) is 1.09. The van der Waals surface area contributed by atoms with Crippen molar-refractivity contribution in [1.29, 1.82) is 0 Å². The van der Waals surface area contributed by atoms with Gasteiger partial charge in [0.2, 0.25) is 5.91 Å². The number of amides is 1. The van der Waals surface area contributed by atoms with Gasteiger partial charge in [0.05, 0.1) is 6.04 Å². The lowest BCUT2D eigenvalue weighted by Crippen LogP contribution is -2.50. The summed E-state index contributed by atoms with van der Waals surface area (Å²) in [5.41, 5.74) is 0.743. The predicted octanol–water partition coefficient (Wildman–Crippen LogP) is 0.502. The van der Waals surface area contributed by atoms with E-state index in [0.29, 0.717) is 0 Å². The standard InChI is InChI=1S/C15H20N2O4/c1-9-6-7-16-13(9)14(19)17-12(15(20)21)8-10-2-4-11(18)5-3-10/h2-5,9,12-13,16,18H,6-8H2,1H3,(H,17,19)(H,20,21). The maximum Gasteiger partial charge on any atom is 0.326 e. The van der Waals surface area contributed by atoms with Crippen LogP contribution in [0.3, 0.4) is 0 Å². The fourth-order valence-electron chi connectivity index (χ4n) is 2.51. The number of aromatic hydroxyl groups is 1. The smallest absolute Gasteiger partial charge is 0.326 e. The van der Waals surface area contributed by atoms with Crippen LogP contribution in [0.2, 0.25) is 0 Å². The number of hydrogen-bond acceptors (Lipinski definition) is 4. The van der Waals surface area contributed by atoms with Gasteiger partial charge in [0.1, 0.15) is 11.8 Å². The molecule has 6 nitrogen and oxygen atoms in total. The first-order chi connectivity index (χ1) is 9.97. The largest absolute Gasteiger partial charge is 0.508 e. The summed E-state index contributed by atoms with van der Waals surface area (Å²) in [7, 11) is 0. The molecule has 2 rings (SSSR count). The van der Waals surface area contributed by atoms with Gasteiger partial charge in [0, 0.05) is 6.42 Å². The molecule has 0 radical (unpaired) electrons. The van der Waals surface area contributed by atoms with Crippen LogP contribution >= 0.6 is 0 Å². The van der Waals surface area contributed by atoms with Crippen LogP contribution in [0.15, 0.2) is 24.3 Å². The zero-order chi connectivity index (χ0) is 15.4. The van der Waals surface area contributed by atoms with Gasteiger partial charge in [-0.05, 0) is 36.6 Å². The van der Waals surface area contributed by atoms with E-state index < -0.39 is 12.0 Å². The number of aliphatic carboxylic acids is 1. The molecule has 1 aromatic carbocycles. The molecule has 1 fully saturated rings. The molecule has 1 aliphatic rings. The SMILES string of the molecule is CC1CCNC1C(=O)NC(Cc1ccc(O)cc1)C(=O)O. The monoisotopic (exact) mass is 292 g/mol. The molecule has 0 spiro atoms. The van der Waals surface area contributed by atoms with Gasteiger partial charge in [-0.3, -0.25) is 4.79 Å². The maximum absolute atomic E-state index is 12.1. The highest BCUT2D eigenvalue weighted by Crippen LogP contribution is 2.15. The molecule has 0 saturated carbocycles. The number of carbonyl (C=O) groups excluding carboxylic acids is 1. The number of carboxylic acid groups (broad SMARTS) is 1. The third kappa shape index (κ3) is 3.95. The Morgan fingerprint density at radius 3 is 2.57 bits per heavy atom. The Hall–Kier alpha value is -2.08. The molecule has 1 aliphatic heterocycles. The lowest BCUT2D eigenvalue weighted by molar-refractivity contribution is -0.142. The molecule has 0 bridgehead atoms. The number of nitrogens with one attached hydrogen (secondary N) is 2. The number of hydrogen-bond donors (Lipinski definition) is 4. The fraction of sp³-hybridized carbons (Fsp3) is 0.467. The summed E-state index contributed by atoms with van der Waals surface area (Å²) in [5, 5.41) is 24.2. The molecule has 3 atom stereocenters. The minimum atomic E-state index is -1.07.